The fourth-order valence-corrected chi connectivity index (χ4v) is 3.08. The van der Waals surface area contributed by atoms with Crippen LogP contribution in [0.1, 0.15) is 5.56 Å². The summed E-state index contributed by atoms with van der Waals surface area (Å²) in [6, 6.07) is 12.5. The van der Waals surface area contributed by atoms with E-state index in [-0.39, 0.29) is 4.90 Å². The van der Waals surface area contributed by atoms with Crippen LogP contribution < -0.4 is 5.43 Å². The first-order valence-corrected chi connectivity index (χ1v) is 8.70. The standard InChI is InChI=1S/C16H15ClN2O4S/c1-11-3-7-13(8-4-11)18-19-15(16(20)23-2)24(21,22)14-9-5-12(17)6-10-14/h3-10,18H,1-2H3/b19-15+. The summed E-state index contributed by atoms with van der Waals surface area (Å²) in [7, 11) is -3.07. The molecule has 0 amide bonds. The van der Waals surface area contributed by atoms with E-state index in [1.807, 2.05) is 19.1 Å². The summed E-state index contributed by atoms with van der Waals surface area (Å²) in [4.78, 5) is 11.8. The number of carbonyl (C=O) groups is 1. The Morgan fingerprint density at radius 2 is 1.67 bits per heavy atom. The minimum atomic E-state index is -4.15. The second kappa shape index (κ2) is 7.46. The fraction of sp³-hybridized carbons (Fsp3) is 0.125. The van der Waals surface area contributed by atoms with E-state index in [1.54, 1.807) is 12.1 Å². The van der Waals surface area contributed by atoms with E-state index in [0.717, 1.165) is 12.7 Å². The normalized spacial score (nSPS) is 11.9. The van der Waals surface area contributed by atoms with Gasteiger partial charge in [-0.2, -0.15) is 5.10 Å². The third kappa shape index (κ3) is 4.12. The number of esters is 1. The first kappa shape index (κ1) is 18.0. The van der Waals surface area contributed by atoms with Crippen LogP contribution in [0.15, 0.2) is 58.5 Å². The Labute approximate surface area is 145 Å². The first-order valence-electron chi connectivity index (χ1n) is 6.84. The quantitative estimate of drug-likeness (QED) is 0.390. The van der Waals surface area contributed by atoms with Gasteiger partial charge in [0.1, 0.15) is 0 Å². The summed E-state index contributed by atoms with van der Waals surface area (Å²) in [6.07, 6.45) is 0. The highest BCUT2D eigenvalue weighted by Crippen LogP contribution is 2.18. The fourth-order valence-electron chi connectivity index (χ4n) is 1.77. The van der Waals surface area contributed by atoms with Crippen molar-refractivity contribution in [3.8, 4) is 0 Å². The third-order valence-corrected chi connectivity index (χ3v) is 4.99. The molecule has 0 spiro atoms. The molecule has 0 radical (unpaired) electrons. The van der Waals surface area contributed by atoms with Crippen molar-refractivity contribution >= 4 is 38.1 Å². The van der Waals surface area contributed by atoms with Gasteiger partial charge >= 0.3 is 5.97 Å². The van der Waals surface area contributed by atoms with Gasteiger partial charge < -0.3 is 4.74 Å². The number of hydrogen-bond acceptors (Lipinski definition) is 6. The van der Waals surface area contributed by atoms with E-state index in [2.05, 4.69) is 15.3 Å². The molecule has 0 fully saturated rings. The number of aryl methyl sites for hydroxylation is 1. The van der Waals surface area contributed by atoms with E-state index in [1.165, 1.54) is 24.3 Å². The lowest BCUT2D eigenvalue weighted by molar-refractivity contribution is -0.132. The van der Waals surface area contributed by atoms with Crippen LogP contribution in [0.3, 0.4) is 0 Å². The van der Waals surface area contributed by atoms with Crippen LogP contribution in [0.25, 0.3) is 0 Å². The van der Waals surface area contributed by atoms with Crippen molar-refractivity contribution in [3.05, 3.63) is 59.1 Å². The molecule has 1 N–H and O–H groups in total. The number of hydrazone groups is 1. The second-order valence-corrected chi connectivity index (χ2v) is 7.15. The van der Waals surface area contributed by atoms with Gasteiger partial charge in [-0.15, -0.1) is 0 Å². The molecule has 6 nitrogen and oxygen atoms in total. The van der Waals surface area contributed by atoms with Crippen LogP contribution in [0.2, 0.25) is 5.02 Å². The van der Waals surface area contributed by atoms with Gasteiger partial charge in [-0.05, 0) is 43.3 Å². The molecule has 0 saturated heterocycles. The maximum absolute atomic E-state index is 12.6. The molecule has 0 aliphatic carbocycles. The average molecular weight is 367 g/mol. The van der Waals surface area contributed by atoms with Gasteiger partial charge in [-0.3, -0.25) is 5.43 Å². The zero-order valence-electron chi connectivity index (χ0n) is 13.0. The SMILES string of the molecule is COC(=O)/C(=N\Nc1ccc(C)cc1)S(=O)(=O)c1ccc(Cl)cc1. The van der Waals surface area contributed by atoms with E-state index >= 15 is 0 Å². The zero-order valence-corrected chi connectivity index (χ0v) is 14.6. The lowest BCUT2D eigenvalue weighted by Gasteiger charge is -2.08. The second-order valence-electron chi connectivity index (χ2n) is 4.84. The highest BCUT2D eigenvalue weighted by atomic mass is 35.5. The molecular weight excluding hydrogens is 352 g/mol. The minimum absolute atomic E-state index is 0.109. The number of hydrogen-bond donors (Lipinski definition) is 1. The topological polar surface area (TPSA) is 84.8 Å². The highest BCUT2D eigenvalue weighted by Gasteiger charge is 2.30. The number of nitrogens with one attached hydrogen (secondary N) is 1. The molecule has 24 heavy (non-hydrogen) atoms. The molecule has 0 aliphatic heterocycles. The molecule has 8 heteroatoms. The summed E-state index contributed by atoms with van der Waals surface area (Å²) in [5.74, 6) is -1.07. The van der Waals surface area contributed by atoms with Crippen molar-refractivity contribution in [2.24, 2.45) is 5.10 Å². The predicted octanol–water partition coefficient (Wildman–Crippen LogP) is 3.02. The van der Waals surface area contributed by atoms with Crippen molar-refractivity contribution in [2.45, 2.75) is 11.8 Å². The zero-order chi connectivity index (χ0) is 17.7. The number of methoxy groups -OCH3 is 1. The number of rotatable bonds is 3. The van der Waals surface area contributed by atoms with Crippen LogP contribution in [-0.2, 0) is 19.4 Å². The summed E-state index contributed by atoms with van der Waals surface area (Å²) < 4.78 is 29.7. The van der Waals surface area contributed by atoms with Crippen molar-refractivity contribution < 1.29 is 17.9 Å². The first-order chi connectivity index (χ1) is 11.3. The number of carbonyl (C=O) groups excluding carboxylic acids is 1. The van der Waals surface area contributed by atoms with E-state index < -0.39 is 20.9 Å². The molecule has 0 aliphatic rings. The molecule has 0 aromatic heterocycles. The lowest BCUT2D eigenvalue weighted by atomic mass is 10.2. The maximum Gasteiger partial charge on any atom is 0.370 e. The Balaban J connectivity index is 2.40. The van der Waals surface area contributed by atoms with Crippen LogP contribution in [0, 0.1) is 6.92 Å². The monoisotopic (exact) mass is 366 g/mol. The van der Waals surface area contributed by atoms with Crippen LogP contribution in [-0.4, -0.2) is 26.5 Å². The number of ether oxygens (including phenoxy) is 1. The van der Waals surface area contributed by atoms with Crippen molar-refractivity contribution in [2.75, 3.05) is 12.5 Å². The van der Waals surface area contributed by atoms with Crippen LogP contribution in [0.4, 0.5) is 5.69 Å². The van der Waals surface area contributed by atoms with E-state index in [0.29, 0.717) is 10.7 Å². The number of nitrogens with zero attached hydrogens (tertiary/aromatic N) is 1. The Hall–Kier alpha value is -2.38. The van der Waals surface area contributed by atoms with E-state index in [9.17, 15) is 13.2 Å². The Kier molecular flexibility index (Phi) is 5.58. The lowest BCUT2D eigenvalue weighted by Crippen LogP contribution is -2.27. The van der Waals surface area contributed by atoms with Crippen LogP contribution >= 0.6 is 11.6 Å². The number of anilines is 1. The van der Waals surface area contributed by atoms with Gasteiger partial charge in [-0.1, -0.05) is 29.3 Å². The van der Waals surface area contributed by atoms with Gasteiger partial charge in [0.2, 0.25) is 9.84 Å². The Morgan fingerprint density at radius 1 is 1.08 bits per heavy atom. The van der Waals surface area contributed by atoms with Gasteiger partial charge in [0.05, 0.1) is 17.7 Å². The van der Waals surface area contributed by atoms with Gasteiger partial charge in [0.25, 0.3) is 5.04 Å². The molecule has 0 heterocycles. The van der Waals surface area contributed by atoms with Crippen LogP contribution in [0.5, 0.6) is 0 Å². The minimum Gasteiger partial charge on any atom is -0.464 e. The van der Waals surface area contributed by atoms with Crippen molar-refractivity contribution in [1.82, 2.24) is 0 Å². The molecule has 0 atom stereocenters. The predicted molar refractivity (Wildman–Crippen MR) is 92.9 cm³/mol. The Bertz CT molecular complexity index is 860. The molecule has 0 bridgehead atoms. The Morgan fingerprint density at radius 3 is 2.21 bits per heavy atom. The van der Waals surface area contributed by atoms with E-state index in [4.69, 9.17) is 11.6 Å². The molecule has 126 valence electrons. The molecule has 0 saturated carbocycles. The number of halogens is 1. The van der Waals surface area contributed by atoms with Crippen molar-refractivity contribution in [1.29, 1.82) is 0 Å². The summed E-state index contributed by atoms with van der Waals surface area (Å²) in [5, 5.41) is 3.37. The van der Waals surface area contributed by atoms with Gasteiger partial charge in [-0.25, -0.2) is 13.2 Å². The average Bonchev–Trinajstić information content (AvgIpc) is 2.56. The molecule has 2 aromatic carbocycles. The molecule has 2 aromatic rings. The summed E-state index contributed by atoms with van der Waals surface area (Å²) in [6.45, 7) is 1.91. The number of sulfone groups is 1. The van der Waals surface area contributed by atoms with Gasteiger partial charge in [0, 0.05) is 5.02 Å². The molecule has 0 unspecified atom stereocenters. The smallest absolute Gasteiger partial charge is 0.370 e. The number of benzene rings is 2. The summed E-state index contributed by atoms with van der Waals surface area (Å²) in [5.41, 5.74) is 4.13. The van der Waals surface area contributed by atoms with Gasteiger partial charge in [0.15, 0.2) is 0 Å². The highest BCUT2D eigenvalue weighted by molar-refractivity contribution is 8.08. The van der Waals surface area contributed by atoms with Crippen molar-refractivity contribution in [3.63, 3.8) is 0 Å². The largest absolute Gasteiger partial charge is 0.464 e. The summed E-state index contributed by atoms with van der Waals surface area (Å²) >= 11 is 5.76. The maximum atomic E-state index is 12.6. The molecular formula is C16H15ClN2O4S. The molecule has 2 rings (SSSR count). The third-order valence-electron chi connectivity index (χ3n) is 3.08.